The number of para-hydroxylation sites is 2. The fourth-order valence-electron chi connectivity index (χ4n) is 2.53. The number of aliphatic carboxylic acids is 1. The summed E-state index contributed by atoms with van der Waals surface area (Å²) in [6.45, 7) is -0.403. The highest BCUT2D eigenvalue weighted by Crippen LogP contribution is 2.18. The van der Waals surface area contributed by atoms with Gasteiger partial charge in [-0.05, 0) is 24.3 Å². The maximum Gasteiger partial charge on any atom is 0.329 e. The Morgan fingerprint density at radius 3 is 2.39 bits per heavy atom. The third-order valence-electron chi connectivity index (χ3n) is 3.56. The van der Waals surface area contributed by atoms with E-state index in [1.54, 1.807) is 36.4 Å². The van der Waals surface area contributed by atoms with Crippen molar-refractivity contribution in [1.29, 1.82) is 0 Å². The van der Waals surface area contributed by atoms with Crippen molar-refractivity contribution in [3.05, 3.63) is 68.8 Å². The molecule has 3 rings (SSSR count). The van der Waals surface area contributed by atoms with Crippen molar-refractivity contribution >= 4 is 32.9 Å². The second-order valence-corrected chi connectivity index (χ2v) is 5.99. The molecule has 0 radical (unpaired) electrons. The number of carboxylic acids is 1. The second kappa shape index (κ2) is 6.00. The van der Waals surface area contributed by atoms with Crippen LogP contribution in [-0.2, 0) is 17.9 Å². The molecule has 1 heterocycles. The molecule has 0 saturated heterocycles. The van der Waals surface area contributed by atoms with Crippen LogP contribution < -0.4 is 5.69 Å². The van der Waals surface area contributed by atoms with Crippen molar-refractivity contribution in [1.82, 2.24) is 9.13 Å². The normalized spacial score (nSPS) is 11.0. The van der Waals surface area contributed by atoms with Gasteiger partial charge in [-0.25, -0.2) is 9.18 Å². The number of imidazole rings is 1. The Labute approximate surface area is 138 Å². The van der Waals surface area contributed by atoms with Gasteiger partial charge in [0.1, 0.15) is 12.4 Å². The largest absolute Gasteiger partial charge is 0.480 e. The number of carboxylic acid groups (broad SMARTS) is 1. The number of nitrogens with zero attached hydrogens (tertiary/aromatic N) is 2. The van der Waals surface area contributed by atoms with Gasteiger partial charge in [0, 0.05) is 10.0 Å². The summed E-state index contributed by atoms with van der Waals surface area (Å²) in [5, 5.41) is 8.99. The van der Waals surface area contributed by atoms with Gasteiger partial charge in [0.15, 0.2) is 0 Å². The number of hydrogen-bond acceptors (Lipinski definition) is 2. The molecule has 0 bridgehead atoms. The Kier molecular flexibility index (Phi) is 4.04. The molecule has 7 heteroatoms. The van der Waals surface area contributed by atoms with Gasteiger partial charge in [-0.1, -0.05) is 34.1 Å². The third kappa shape index (κ3) is 2.92. The first kappa shape index (κ1) is 15.5. The van der Waals surface area contributed by atoms with Crippen LogP contribution in [0.3, 0.4) is 0 Å². The zero-order chi connectivity index (χ0) is 16.6. The standard InChI is InChI=1S/C16H12BrFN2O3/c17-11-6-5-10(12(18)7-11)8-19-13-3-1-2-4-14(13)20(16(19)23)9-15(21)22/h1-7H,8-9H2,(H,21,22). The van der Waals surface area contributed by atoms with E-state index in [4.69, 9.17) is 5.11 Å². The maximum atomic E-state index is 14.0. The monoisotopic (exact) mass is 378 g/mol. The number of rotatable bonds is 4. The number of aromatic nitrogens is 2. The van der Waals surface area contributed by atoms with Gasteiger partial charge in [0.25, 0.3) is 0 Å². The third-order valence-corrected chi connectivity index (χ3v) is 4.06. The minimum Gasteiger partial charge on any atom is -0.480 e. The van der Waals surface area contributed by atoms with Crippen molar-refractivity contribution in [3.8, 4) is 0 Å². The second-order valence-electron chi connectivity index (χ2n) is 5.07. The average molecular weight is 379 g/mol. The predicted octanol–water partition coefficient (Wildman–Crippen LogP) is 2.84. The minimum absolute atomic E-state index is 0.0328. The van der Waals surface area contributed by atoms with Gasteiger partial charge in [0.2, 0.25) is 0 Å². The first-order valence-electron chi connectivity index (χ1n) is 6.81. The van der Waals surface area contributed by atoms with E-state index in [1.165, 1.54) is 15.2 Å². The smallest absolute Gasteiger partial charge is 0.329 e. The Bertz CT molecular complexity index is 962. The number of benzene rings is 2. The lowest BCUT2D eigenvalue weighted by molar-refractivity contribution is -0.137. The molecule has 0 aliphatic heterocycles. The molecule has 5 nitrogen and oxygen atoms in total. The van der Waals surface area contributed by atoms with E-state index in [0.29, 0.717) is 21.1 Å². The molecule has 1 N–H and O–H groups in total. The van der Waals surface area contributed by atoms with Gasteiger partial charge in [0.05, 0.1) is 17.6 Å². The van der Waals surface area contributed by atoms with Crippen LogP contribution in [0.25, 0.3) is 11.0 Å². The van der Waals surface area contributed by atoms with Crippen molar-refractivity contribution in [2.75, 3.05) is 0 Å². The van der Waals surface area contributed by atoms with Crippen LogP contribution in [0.5, 0.6) is 0 Å². The van der Waals surface area contributed by atoms with Crippen molar-refractivity contribution in [3.63, 3.8) is 0 Å². The molecular formula is C16H12BrFN2O3. The van der Waals surface area contributed by atoms with Crippen LogP contribution in [-0.4, -0.2) is 20.2 Å². The number of halogens is 2. The highest BCUT2D eigenvalue weighted by molar-refractivity contribution is 9.10. The summed E-state index contributed by atoms with van der Waals surface area (Å²) in [7, 11) is 0. The molecule has 0 aliphatic carbocycles. The van der Waals surface area contributed by atoms with Crippen molar-refractivity contribution in [2.45, 2.75) is 13.1 Å². The van der Waals surface area contributed by atoms with E-state index >= 15 is 0 Å². The highest BCUT2D eigenvalue weighted by atomic mass is 79.9. The Hall–Kier alpha value is -2.41. The number of carbonyl (C=O) groups is 1. The van der Waals surface area contributed by atoms with Crippen LogP contribution in [0.15, 0.2) is 51.7 Å². The fourth-order valence-corrected chi connectivity index (χ4v) is 2.87. The molecule has 0 amide bonds. The van der Waals surface area contributed by atoms with E-state index in [9.17, 15) is 14.0 Å². The van der Waals surface area contributed by atoms with E-state index in [0.717, 1.165) is 0 Å². The van der Waals surface area contributed by atoms with Gasteiger partial charge >= 0.3 is 11.7 Å². The zero-order valence-corrected chi connectivity index (χ0v) is 13.5. The summed E-state index contributed by atoms with van der Waals surface area (Å²) in [5.41, 5.74) is 0.961. The molecule has 0 atom stereocenters. The van der Waals surface area contributed by atoms with Gasteiger partial charge in [-0.15, -0.1) is 0 Å². The van der Waals surface area contributed by atoms with Gasteiger partial charge in [-0.3, -0.25) is 13.9 Å². The Morgan fingerprint density at radius 1 is 1.13 bits per heavy atom. The average Bonchev–Trinajstić information content (AvgIpc) is 2.75. The molecule has 23 heavy (non-hydrogen) atoms. The molecule has 3 aromatic rings. The first-order chi connectivity index (χ1) is 11.0. The van der Waals surface area contributed by atoms with Gasteiger partial charge in [-0.2, -0.15) is 0 Å². The van der Waals surface area contributed by atoms with Crippen molar-refractivity contribution < 1.29 is 14.3 Å². The summed E-state index contributed by atoms with van der Waals surface area (Å²) in [5.74, 6) is -1.54. The predicted molar refractivity (Wildman–Crippen MR) is 87.0 cm³/mol. The molecule has 118 valence electrons. The van der Waals surface area contributed by atoms with Crippen LogP contribution in [0.1, 0.15) is 5.56 Å². The maximum absolute atomic E-state index is 14.0. The minimum atomic E-state index is -1.11. The Balaban J connectivity index is 2.15. The van der Waals surface area contributed by atoms with E-state index in [1.807, 2.05) is 0 Å². The summed E-state index contributed by atoms with van der Waals surface area (Å²) in [6.07, 6.45) is 0. The summed E-state index contributed by atoms with van der Waals surface area (Å²) in [6, 6.07) is 11.5. The number of hydrogen-bond donors (Lipinski definition) is 1. The molecule has 0 saturated carbocycles. The first-order valence-corrected chi connectivity index (χ1v) is 7.60. The van der Waals surface area contributed by atoms with Crippen molar-refractivity contribution in [2.24, 2.45) is 0 Å². The van der Waals surface area contributed by atoms with Crippen LogP contribution in [0, 0.1) is 5.82 Å². The lowest BCUT2D eigenvalue weighted by Gasteiger charge is -2.05. The molecular weight excluding hydrogens is 367 g/mol. The molecule has 0 spiro atoms. The summed E-state index contributed by atoms with van der Waals surface area (Å²) < 4.78 is 17.2. The zero-order valence-electron chi connectivity index (χ0n) is 11.9. The quantitative estimate of drug-likeness (QED) is 0.758. The molecule has 0 aliphatic rings. The molecule has 0 fully saturated rings. The SMILES string of the molecule is O=C(O)Cn1c(=O)n(Cc2ccc(Br)cc2F)c2ccccc21. The Morgan fingerprint density at radius 2 is 1.78 bits per heavy atom. The summed E-state index contributed by atoms with van der Waals surface area (Å²) >= 11 is 3.19. The van der Waals surface area contributed by atoms with Crippen LogP contribution >= 0.6 is 15.9 Å². The fraction of sp³-hybridized carbons (Fsp3) is 0.125. The van der Waals surface area contributed by atoms with Crippen LogP contribution in [0.2, 0.25) is 0 Å². The lowest BCUT2D eigenvalue weighted by Crippen LogP contribution is -2.27. The number of fused-ring (bicyclic) bond motifs is 1. The molecule has 2 aromatic carbocycles. The van der Waals surface area contributed by atoms with Gasteiger partial charge < -0.3 is 5.11 Å². The highest BCUT2D eigenvalue weighted by Gasteiger charge is 2.16. The lowest BCUT2D eigenvalue weighted by atomic mass is 10.2. The van der Waals surface area contributed by atoms with E-state index in [2.05, 4.69) is 15.9 Å². The van der Waals surface area contributed by atoms with E-state index in [-0.39, 0.29) is 6.54 Å². The summed E-state index contributed by atoms with van der Waals surface area (Å²) in [4.78, 5) is 23.5. The molecule has 0 unspecified atom stereocenters. The molecule has 1 aromatic heterocycles. The van der Waals surface area contributed by atoms with Crippen LogP contribution in [0.4, 0.5) is 4.39 Å². The van der Waals surface area contributed by atoms with E-state index < -0.39 is 24.0 Å². The topological polar surface area (TPSA) is 64.2 Å².